The number of methoxy groups -OCH3 is 1. The van der Waals surface area contributed by atoms with Gasteiger partial charge < -0.3 is 19.0 Å². The number of rotatable bonds is 6. The van der Waals surface area contributed by atoms with Crippen molar-refractivity contribution in [3.8, 4) is 17.2 Å². The second-order valence-corrected chi connectivity index (χ2v) is 6.90. The third-order valence-corrected chi connectivity index (χ3v) is 4.91. The third-order valence-electron chi connectivity index (χ3n) is 4.91. The van der Waals surface area contributed by atoms with Crippen molar-refractivity contribution < 1.29 is 19.0 Å². The summed E-state index contributed by atoms with van der Waals surface area (Å²) in [5, 5.41) is 9.12. The van der Waals surface area contributed by atoms with Crippen molar-refractivity contribution in [2.24, 2.45) is 0 Å². The molecule has 3 rings (SSSR count). The van der Waals surface area contributed by atoms with Crippen LogP contribution in [-0.4, -0.2) is 54.5 Å². The molecule has 1 saturated heterocycles. The number of hydrogen-bond donors (Lipinski definition) is 1. The molecule has 6 heteroatoms. The minimum absolute atomic E-state index is 0.0897. The summed E-state index contributed by atoms with van der Waals surface area (Å²) < 4.78 is 17.0. The Morgan fingerprint density at radius 3 is 2.81 bits per heavy atom. The van der Waals surface area contributed by atoms with Gasteiger partial charge in [-0.3, -0.25) is 4.90 Å². The fourth-order valence-electron chi connectivity index (χ4n) is 3.38. The summed E-state index contributed by atoms with van der Waals surface area (Å²) >= 11 is 0. The summed E-state index contributed by atoms with van der Waals surface area (Å²) in [5.74, 6) is 2.37. The van der Waals surface area contributed by atoms with Crippen molar-refractivity contribution in [2.45, 2.75) is 39.8 Å². The molecule has 0 bridgehead atoms. The summed E-state index contributed by atoms with van der Waals surface area (Å²) in [7, 11) is 1.68. The predicted molar refractivity (Wildman–Crippen MR) is 99.4 cm³/mol. The second-order valence-electron chi connectivity index (χ2n) is 6.90. The highest BCUT2D eigenvalue weighted by Gasteiger charge is 2.23. The molecule has 1 fully saturated rings. The molecule has 0 spiro atoms. The third kappa shape index (κ3) is 4.09. The molecule has 0 radical (unpaired) electrons. The fraction of sp³-hybridized carbons (Fsp3) is 0.550. The minimum Gasteiger partial charge on any atom is -0.496 e. The van der Waals surface area contributed by atoms with E-state index in [-0.39, 0.29) is 12.7 Å². The van der Waals surface area contributed by atoms with Crippen LogP contribution in [0.25, 0.3) is 11.5 Å². The van der Waals surface area contributed by atoms with Crippen LogP contribution in [0.15, 0.2) is 16.5 Å². The van der Waals surface area contributed by atoms with Crippen LogP contribution >= 0.6 is 0 Å². The zero-order chi connectivity index (χ0) is 18.7. The molecule has 0 saturated carbocycles. The summed E-state index contributed by atoms with van der Waals surface area (Å²) in [6.07, 6.45) is 0.760. The van der Waals surface area contributed by atoms with Crippen molar-refractivity contribution in [1.29, 1.82) is 0 Å². The van der Waals surface area contributed by atoms with Crippen LogP contribution in [0.4, 0.5) is 0 Å². The number of ether oxygens (including phenoxy) is 2. The Hall–Kier alpha value is -1.89. The van der Waals surface area contributed by atoms with E-state index in [4.69, 9.17) is 24.0 Å². The second kappa shape index (κ2) is 8.20. The van der Waals surface area contributed by atoms with Gasteiger partial charge >= 0.3 is 0 Å². The van der Waals surface area contributed by atoms with E-state index in [2.05, 4.69) is 11.0 Å². The number of aliphatic hydroxyl groups excluding tert-OH is 1. The van der Waals surface area contributed by atoms with Crippen LogP contribution in [0.5, 0.6) is 5.75 Å². The lowest BCUT2D eigenvalue weighted by molar-refractivity contribution is -0.0411. The average Bonchev–Trinajstić information content (AvgIpc) is 2.97. The van der Waals surface area contributed by atoms with Gasteiger partial charge in [-0.2, -0.15) is 0 Å². The Bertz CT molecular complexity index is 755. The first-order chi connectivity index (χ1) is 12.5. The molecular weight excluding hydrogens is 332 g/mol. The first-order valence-corrected chi connectivity index (χ1v) is 9.08. The van der Waals surface area contributed by atoms with Gasteiger partial charge in [0, 0.05) is 31.8 Å². The molecule has 0 unspecified atom stereocenters. The highest BCUT2D eigenvalue weighted by atomic mass is 16.5. The zero-order valence-electron chi connectivity index (χ0n) is 16.0. The molecule has 1 N–H and O–H groups in total. The highest BCUT2D eigenvalue weighted by molar-refractivity contribution is 5.62. The maximum absolute atomic E-state index is 9.12. The zero-order valence-corrected chi connectivity index (χ0v) is 16.0. The van der Waals surface area contributed by atoms with Gasteiger partial charge in [0.1, 0.15) is 11.5 Å². The van der Waals surface area contributed by atoms with Crippen LogP contribution in [0.3, 0.4) is 0 Å². The van der Waals surface area contributed by atoms with Gasteiger partial charge in [-0.05, 0) is 50.5 Å². The standard InChI is InChI=1S/C20H28N2O4/c1-13-10-19(24-4)14(2)9-17(13)20-21-18(15(3)26-20)12-22-6-8-25-16(11-22)5-7-23/h9-10,16,23H,5-8,11-12H2,1-4H3/t16-/m1/s1. The lowest BCUT2D eigenvalue weighted by Gasteiger charge is -2.32. The molecule has 142 valence electrons. The average molecular weight is 360 g/mol. The fourth-order valence-corrected chi connectivity index (χ4v) is 3.38. The smallest absolute Gasteiger partial charge is 0.226 e. The van der Waals surface area contributed by atoms with E-state index >= 15 is 0 Å². The van der Waals surface area contributed by atoms with Gasteiger partial charge in [-0.25, -0.2) is 4.98 Å². The Balaban J connectivity index is 1.78. The van der Waals surface area contributed by atoms with Gasteiger partial charge in [0.05, 0.1) is 25.5 Å². The number of nitrogens with zero attached hydrogens (tertiary/aromatic N) is 2. The number of benzene rings is 1. The Labute approximate surface area is 154 Å². The van der Waals surface area contributed by atoms with Crippen molar-refractivity contribution in [1.82, 2.24) is 9.88 Å². The maximum atomic E-state index is 9.12. The SMILES string of the molecule is COc1cc(C)c(-c2nc(CN3CCO[C@H](CCO)C3)c(C)o2)cc1C. The molecule has 2 heterocycles. The number of aromatic nitrogens is 1. The van der Waals surface area contributed by atoms with Gasteiger partial charge in [0.2, 0.25) is 5.89 Å². The number of aryl methyl sites for hydroxylation is 3. The van der Waals surface area contributed by atoms with Crippen LogP contribution in [-0.2, 0) is 11.3 Å². The van der Waals surface area contributed by atoms with Crippen LogP contribution in [0, 0.1) is 20.8 Å². The molecule has 1 aromatic carbocycles. The van der Waals surface area contributed by atoms with Crippen molar-refractivity contribution in [3.05, 3.63) is 34.7 Å². The molecule has 1 aliphatic rings. The number of hydrogen-bond acceptors (Lipinski definition) is 6. The van der Waals surface area contributed by atoms with E-state index in [0.29, 0.717) is 18.9 Å². The van der Waals surface area contributed by atoms with Gasteiger partial charge in [-0.1, -0.05) is 0 Å². The first kappa shape index (κ1) is 18.9. The van der Waals surface area contributed by atoms with E-state index in [1.807, 2.05) is 26.8 Å². The van der Waals surface area contributed by atoms with Crippen LogP contribution < -0.4 is 4.74 Å². The largest absolute Gasteiger partial charge is 0.496 e. The highest BCUT2D eigenvalue weighted by Crippen LogP contribution is 2.31. The minimum atomic E-state index is 0.0897. The van der Waals surface area contributed by atoms with E-state index in [9.17, 15) is 0 Å². The summed E-state index contributed by atoms with van der Waals surface area (Å²) in [6, 6.07) is 4.08. The molecule has 1 aromatic heterocycles. The van der Waals surface area contributed by atoms with E-state index in [1.165, 1.54) is 0 Å². The van der Waals surface area contributed by atoms with Gasteiger partial charge in [-0.15, -0.1) is 0 Å². The Morgan fingerprint density at radius 1 is 1.27 bits per heavy atom. The molecule has 1 aliphatic heterocycles. The quantitative estimate of drug-likeness (QED) is 0.854. The molecule has 1 atom stereocenters. The summed E-state index contributed by atoms with van der Waals surface area (Å²) in [5.41, 5.74) is 4.09. The topological polar surface area (TPSA) is 68.0 Å². The molecular formula is C20H28N2O4. The molecule has 2 aromatic rings. The van der Waals surface area contributed by atoms with Crippen molar-refractivity contribution in [2.75, 3.05) is 33.4 Å². The number of oxazole rings is 1. The molecule has 0 aliphatic carbocycles. The summed E-state index contributed by atoms with van der Waals surface area (Å²) in [4.78, 5) is 7.07. The number of morpholine rings is 1. The van der Waals surface area contributed by atoms with Crippen LogP contribution in [0.1, 0.15) is 29.0 Å². The lowest BCUT2D eigenvalue weighted by Crippen LogP contribution is -2.42. The van der Waals surface area contributed by atoms with Gasteiger partial charge in [0.15, 0.2) is 0 Å². The lowest BCUT2D eigenvalue weighted by atomic mass is 10.0. The number of aliphatic hydroxyl groups is 1. The predicted octanol–water partition coefficient (Wildman–Crippen LogP) is 2.86. The summed E-state index contributed by atoms with van der Waals surface area (Å²) in [6.45, 7) is 9.27. The normalized spacial score (nSPS) is 18.3. The van der Waals surface area contributed by atoms with E-state index in [0.717, 1.165) is 53.5 Å². The van der Waals surface area contributed by atoms with E-state index in [1.54, 1.807) is 7.11 Å². The van der Waals surface area contributed by atoms with Crippen LogP contribution in [0.2, 0.25) is 0 Å². The maximum Gasteiger partial charge on any atom is 0.226 e. The molecule has 0 amide bonds. The van der Waals surface area contributed by atoms with Crippen molar-refractivity contribution >= 4 is 0 Å². The first-order valence-electron chi connectivity index (χ1n) is 9.08. The van der Waals surface area contributed by atoms with Crippen molar-refractivity contribution in [3.63, 3.8) is 0 Å². The Morgan fingerprint density at radius 2 is 2.08 bits per heavy atom. The molecule has 26 heavy (non-hydrogen) atoms. The van der Waals surface area contributed by atoms with Gasteiger partial charge in [0.25, 0.3) is 0 Å². The molecule has 6 nitrogen and oxygen atoms in total. The Kier molecular flexibility index (Phi) is 5.96. The van der Waals surface area contributed by atoms with E-state index < -0.39 is 0 Å². The monoisotopic (exact) mass is 360 g/mol.